The summed E-state index contributed by atoms with van der Waals surface area (Å²) in [6.45, 7) is 9.56. The maximum atomic E-state index is 4.07. The number of aromatic nitrogens is 1. The van der Waals surface area contributed by atoms with Crippen LogP contribution < -0.4 is 0 Å². The van der Waals surface area contributed by atoms with Gasteiger partial charge >= 0.3 is 0 Å². The van der Waals surface area contributed by atoms with Crippen LogP contribution in [0.2, 0.25) is 0 Å². The number of hydrogen-bond donors (Lipinski definition) is 0. The van der Waals surface area contributed by atoms with Crippen molar-refractivity contribution in [2.75, 3.05) is 33.2 Å². The van der Waals surface area contributed by atoms with Gasteiger partial charge in [0.1, 0.15) is 0 Å². The van der Waals surface area contributed by atoms with E-state index in [-0.39, 0.29) is 0 Å². The lowest BCUT2D eigenvalue weighted by molar-refractivity contribution is 0.0624. The Morgan fingerprint density at radius 1 is 1.26 bits per heavy atom. The Bertz CT molecular complexity index is 364. The number of aryl methyl sites for hydroxylation is 1. The highest BCUT2D eigenvalue weighted by Crippen LogP contribution is 2.17. The molecule has 2 rings (SSSR count). The standard InChI is InChI=1S/C16H27N3/c1-14(2)16-13-18(3)11-12-19(16)10-4-5-15-6-8-17-9-7-15/h6-9,14,16H,4-5,10-13H2,1-3H3/t16-/m1/s1. The van der Waals surface area contributed by atoms with Gasteiger partial charge in [0.05, 0.1) is 0 Å². The van der Waals surface area contributed by atoms with Gasteiger partial charge < -0.3 is 4.90 Å². The minimum absolute atomic E-state index is 0.719. The average molecular weight is 261 g/mol. The zero-order valence-electron chi connectivity index (χ0n) is 12.5. The maximum Gasteiger partial charge on any atom is 0.0270 e. The van der Waals surface area contributed by atoms with Crippen LogP contribution in [0.1, 0.15) is 25.8 Å². The summed E-state index contributed by atoms with van der Waals surface area (Å²) >= 11 is 0. The minimum atomic E-state index is 0.719. The van der Waals surface area contributed by atoms with Gasteiger partial charge in [0.2, 0.25) is 0 Å². The third-order valence-electron chi connectivity index (χ3n) is 4.17. The van der Waals surface area contributed by atoms with Crippen molar-refractivity contribution in [2.24, 2.45) is 5.92 Å². The fourth-order valence-corrected chi connectivity index (χ4v) is 2.94. The molecule has 0 N–H and O–H groups in total. The van der Waals surface area contributed by atoms with Crippen molar-refractivity contribution in [1.82, 2.24) is 14.8 Å². The van der Waals surface area contributed by atoms with Crippen molar-refractivity contribution >= 4 is 0 Å². The Hall–Kier alpha value is -0.930. The van der Waals surface area contributed by atoms with Crippen molar-refractivity contribution in [3.8, 4) is 0 Å². The topological polar surface area (TPSA) is 19.4 Å². The fourth-order valence-electron chi connectivity index (χ4n) is 2.94. The molecule has 1 aliphatic heterocycles. The van der Waals surface area contributed by atoms with Crippen molar-refractivity contribution in [3.05, 3.63) is 30.1 Å². The molecule has 0 bridgehead atoms. The average Bonchev–Trinajstić information content (AvgIpc) is 2.41. The van der Waals surface area contributed by atoms with Crippen molar-refractivity contribution in [1.29, 1.82) is 0 Å². The van der Waals surface area contributed by atoms with Gasteiger partial charge in [-0.2, -0.15) is 0 Å². The molecule has 0 unspecified atom stereocenters. The van der Waals surface area contributed by atoms with Crippen LogP contribution in [0, 0.1) is 5.92 Å². The number of hydrogen-bond acceptors (Lipinski definition) is 3. The number of nitrogens with zero attached hydrogens (tertiary/aromatic N) is 3. The molecule has 19 heavy (non-hydrogen) atoms. The van der Waals surface area contributed by atoms with Gasteiger partial charge in [0.15, 0.2) is 0 Å². The molecule has 0 spiro atoms. The molecule has 1 aromatic heterocycles. The Morgan fingerprint density at radius 2 is 2.00 bits per heavy atom. The van der Waals surface area contributed by atoms with E-state index in [1.807, 2.05) is 12.4 Å². The molecule has 0 aromatic carbocycles. The molecule has 1 atom stereocenters. The summed E-state index contributed by atoms with van der Waals surface area (Å²) in [6, 6.07) is 4.98. The summed E-state index contributed by atoms with van der Waals surface area (Å²) in [6.07, 6.45) is 6.20. The number of likely N-dealkylation sites (N-methyl/N-ethyl adjacent to an activating group) is 1. The second-order valence-corrected chi connectivity index (χ2v) is 6.07. The van der Waals surface area contributed by atoms with Crippen LogP contribution in [0.15, 0.2) is 24.5 Å². The third kappa shape index (κ3) is 4.29. The van der Waals surface area contributed by atoms with E-state index in [4.69, 9.17) is 0 Å². The van der Waals surface area contributed by atoms with E-state index in [1.165, 1.54) is 44.6 Å². The summed E-state index contributed by atoms with van der Waals surface area (Å²) in [7, 11) is 2.24. The van der Waals surface area contributed by atoms with E-state index in [2.05, 4.69) is 47.8 Å². The molecule has 0 radical (unpaired) electrons. The first kappa shape index (κ1) is 14.5. The van der Waals surface area contributed by atoms with Crippen LogP contribution in [-0.4, -0.2) is 54.1 Å². The van der Waals surface area contributed by atoms with E-state index in [9.17, 15) is 0 Å². The van der Waals surface area contributed by atoms with E-state index in [0.29, 0.717) is 0 Å². The molecule has 1 aromatic rings. The number of pyridine rings is 1. The number of piperazine rings is 1. The molecule has 0 saturated carbocycles. The molecular weight excluding hydrogens is 234 g/mol. The smallest absolute Gasteiger partial charge is 0.0270 e. The minimum Gasteiger partial charge on any atom is -0.304 e. The predicted molar refractivity (Wildman–Crippen MR) is 80.3 cm³/mol. The Kier molecular flexibility index (Phi) is 5.34. The first-order chi connectivity index (χ1) is 9.16. The highest BCUT2D eigenvalue weighted by Gasteiger charge is 2.26. The maximum absolute atomic E-state index is 4.07. The lowest BCUT2D eigenvalue weighted by Gasteiger charge is -2.42. The summed E-state index contributed by atoms with van der Waals surface area (Å²) in [5, 5.41) is 0. The molecule has 0 aliphatic carbocycles. The molecule has 0 amide bonds. The van der Waals surface area contributed by atoms with Gasteiger partial charge in [0.25, 0.3) is 0 Å². The molecular formula is C16H27N3. The lowest BCUT2D eigenvalue weighted by Crippen LogP contribution is -2.54. The highest BCUT2D eigenvalue weighted by molar-refractivity contribution is 5.09. The quantitative estimate of drug-likeness (QED) is 0.810. The van der Waals surface area contributed by atoms with Gasteiger partial charge in [-0.3, -0.25) is 9.88 Å². The van der Waals surface area contributed by atoms with Crippen molar-refractivity contribution in [3.63, 3.8) is 0 Å². The van der Waals surface area contributed by atoms with Crippen LogP contribution >= 0.6 is 0 Å². The van der Waals surface area contributed by atoms with Gasteiger partial charge in [-0.05, 0) is 50.0 Å². The second-order valence-electron chi connectivity index (χ2n) is 6.07. The molecule has 3 nitrogen and oxygen atoms in total. The van der Waals surface area contributed by atoms with Crippen LogP contribution in [0.5, 0.6) is 0 Å². The second kappa shape index (κ2) is 7.01. The Morgan fingerprint density at radius 3 is 2.68 bits per heavy atom. The van der Waals surface area contributed by atoms with Crippen molar-refractivity contribution < 1.29 is 0 Å². The van der Waals surface area contributed by atoms with Gasteiger partial charge in [0, 0.05) is 38.1 Å². The lowest BCUT2D eigenvalue weighted by atomic mass is 9.99. The van der Waals surface area contributed by atoms with Crippen molar-refractivity contribution in [2.45, 2.75) is 32.7 Å². The van der Waals surface area contributed by atoms with E-state index in [0.717, 1.165) is 12.0 Å². The predicted octanol–water partition coefficient (Wildman–Crippen LogP) is 2.29. The number of rotatable bonds is 5. The van der Waals surface area contributed by atoms with Crippen LogP contribution in [0.4, 0.5) is 0 Å². The fraction of sp³-hybridized carbons (Fsp3) is 0.688. The molecule has 1 fully saturated rings. The third-order valence-corrected chi connectivity index (χ3v) is 4.17. The zero-order valence-corrected chi connectivity index (χ0v) is 12.5. The molecule has 2 heterocycles. The molecule has 3 heteroatoms. The zero-order chi connectivity index (χ0) is 13.7. The normalized spacial score (nSPS) is 22.0. The molecule has 106 valence electrons. The van der Waals surface area contributed by atoms with E-state index < -0.39 is 0 Å². The van der Waals surface area contributed by atoms with Crippen LogP contribution in [-0.2, 0) is 6.42 Å². The van der Waals surface area contributed by atoms with Gasteiger partial charge in [-0.1, -0.05) is 13.8 Å². The summed E-state index contributed by atoms with van der Waals surface area (Å²) in [5.41, 5.74) is 1.41. The first-order valence-corrected chi connectivity index (χ1v) is 7.48. The summed E-state index contributed by atoms with van der Waals surface area (Å²) in [4.78, 5) is 9.22. The van der Waals surface area contributed by atoms with Crippen LogP contribution in [0.25, 0.3) is 0 Å². The highest BCUT2D eigenvalue weighted by atomic mass is 15.3. The Labute approximate surface area is 117 Å². The monoisotopic (exact) mass is 261 g/mol. The largest absolute Gasteiger partial charge is 0.304 e. The van der Waals surface area contributed by atoms with Gasteiger partial charge in [-0.15, -0.1) is 0 Å². The first-order valence-electron chi connectivity index (χ1n) is 7.48. The molecule has 1 saturated heterocycles. The summed E-state index contributed by atoms with van der Waals surface area (Å²) < 4.78 is 0. The van der Waals surface area contributed by atoms with Crippen LogP contribution in [0.3, 0.4) is 0 Å². The SMILES string of the molecule is CC(C)[C@H]1CN(C)CCN1CCCc1ccncc1. The van der Waals surface area contributed by atoms with E-state index in [1.54, 1.807) is 0 Å². The summed E-state index contributed by atoms with van der Waals surface area (Å²) in [5.74, 6) is 0.740. The van der Waals surface area contributed by atoms with E-state index >= 15 is 0 Å². The molecule has 1 aliphatic rings. The van der Waals surface area contributed by atoms with Gasteiger partial charge in [-0.25, -0.2) is 0 Å². The Balaban J connectivity index is 1.80.